The molecule has 2 nitrogen and oxygen atoms in total. The summed E-state index contributed by atoms with van der Waals surface area (Å²) in [7, 11) is 0. The van der Waals surface area contributed by atoms with E-state index < -0.39 is 24.0 Å². The summed E-state index contributed by atoms with van der Waals surface area (Å²) in [5.74, 6) is -6.01. The molecule has 1 saturated carbocycles. The minimum absolute atomic E-state index is 0.0486. The van der Waals surface area contributed by atoms with Gasteiger partial charge in [0, 0.05) is 5.92 Å². The predicted octanol–water partition coefficient (Wildman–Crippen LogP) is 2.71. The number of carbonyl (C=O) groups is 1. The van der Waals surface area contributed by atoms with E-state index >= 15 is 0 Å². The van der Waals surface area contributed by atoms with E-state index in [4.69, 9.17) is 0 Å². The third-order valence-corrected chi connectivity index (χ3v) is 2.72. The molecule has 1 aliphatic rings. The lowest BCUT2D eigenvalue weighted by molar-refractivity contribution is -0.182. The van der Waals surface area contributed by atoms with Gasteiger partial charge in [-0.25, -0.2) is 9.18 Å². The van der Waals surface area contributed by atoms with Gasteiger partial charge >= 0.3 is 11.9 Å². The van der Waals surface area contributed by atoms with Gasteiger partial charge in [0.25, 0.3) is 0 Å². The van der Waals surface area contributed by atoms with Crippen molar-refractivity contribution < 1.29 is 22.7 Å². The van der Waals surface area contributed by atoms with Crippen LogP contribution in [0.25, 0.3) is 0 Å². The van der Waals surface area contributed by atoms with Gasteiger partial charge < -0.3 is 4.74 Å². The molecule has 0 bridgehead atoms. The number of halogens is 3. The van der Waals surface area contributed by atoms with E-state index in [-0.39, 0.29) is 32.3 Å². The molecule has 1 aliphatic carbocycles. The molecular formula is C10H15F3O2. The average molecular weight is 224 g/mol. The maximum absolute atomic E-state index is 13.4. The molecule has 0 aliphatic heterocycles. The Kier molecular flexibility index (Phi) is 3.99. The molecule has 0 saturated heterocycles. The number of carbonyl (C=O) groups excluding carboxylic acids is 1. The molecule has 0 N–H and O–H groups in total. The molecule has 0 spiro atoms. The van der Waals surface area contributed by atoms with Crippen LogP contribution >= 0.6 is 0 Å². The van der Waals surface area contributed by atoms with Crippen LogP contribution in [0.3, 0.4) is 0 Å². The lowest BCUT2D eigenvalue weighted by atomic mass is 9.84. The molecule has 0 atom stereocenters. The number of hydrogen-bond donors (Lipinski definition) is 0. The SMILES string of the molecule is CCOC(=O)C(F)(F)C1CCC(F)CC1. The van der Waals surface area contributed by atoms with E-state index in [0.717, 1.165) is 0 Å². The van der Waals surface area contributed by atoms with Crippen molar-refractivity contribution in [2.75, 3.05) is 6.61 Å². The average Bonchev–Trinajstić information content (AvgIpc) is 2.18. The molecule has 0 unspecified atom stereocenters. The van der Waals surface area contributed by atoms with E-state index in [1.165, 1.54) is 6.92 Å². The molecule has 0 aromatic heterocycles. The number of alkyl halides is 3. The highest BCUT2D eigenvalue weighted by atomic mass is 19.3. The minimum atomic E-state index is -3.46. The third-order valence-electron chi connectivity index (χ3n) is 2.72. The summed E-state index contributed by atoms with van der Waals surface area (Å²) in [6, 6.07) is 0. The van der Waals surface area contributed by atoms with Gasteiger partial charge in [-0.05, 0) is 32.6 Å². The van der Waals surface area contributed by atoms with Gasteiger partial charge in [0.05, 0.1) is 6.61 Å². The smallest absolute Gasteiger partial charge is 0.377 e. The Balaban J connectivity index is 2.56. The number of rotatable bonds is 3. The highest BCUT2D eigenvalue weighted by Gasteiger charge is 2.49. The second-order valence-corrected chi connectivity index (χ2v) is 3.79. The molecule has 0 aromatic carbocycles. The second-order valence-electron chi connectivity index (χ2n) is 3.79. The molecule has 0 heterocycles. The van der Waals surface area contributed by atoms with Crippen LogP contribution in [0.2, 0.25) is 0 Å². The van der Waals surface area contributed by atoms with Crippen LogP contribution < -0.4 is 0 Å². The summed E-state index contributed by atoms with van der Waals surface area (Å²) >= 11 is 0. The number of esters is 1. The normalized spacial score (nSPS) is 27.5. The molecule has 0 amide bonds. The Morgan fingerprint density at radius 3 is 2.33 bits per heavy atom. The van der Waals surface area contributed by atoms with E-state index in [2.05, 4.69) is 4.74 Å². The van der Waals surface area contributed by atoms with Gasteiger partial charge in [-0.15, -0.1) is 0 Å². The van der Waals surface area contributed by atoms with E-state index in [9.17, 15) is 18.0 Å². The maximum atomic E-state index is 13.4. The minimum Gasteiger partial charge on any atom is -0.462 e. The van der Waals surface area contributed by atoms with Crippen LogP contribution in [0.5, 0.6) is 0 Å². The van der Waals surface area contributed by atoms with Gasteiger partial charge in [-0.1, -0.05) is 0 Å². The monoisotopic (exact) mass is 224 g/mol. The van der Waals surface area contributed by atoms with Crippen LogP contribution in [0.4, 0.5) is 13.2 Å². The summed E-state index contributed by atoms with van der Waals surface area (Å²) < 4.78 is 43.9. The zero-order chi connectivity index (χ0) is 11.5. The Bertz CT molecular complexity index is 223. The van der Waals surface area contributed by atoms with Crippen LogP contribution in [0.15, 0.2) is 0 Å². The first-order valence-corrected chi connectivity index (χ1v) is 5.17. The predicted molar refractivity (Wildman–Crippen MR) is 48.4 cm³/mol. The first-order valence-electron chi connectivity index (χ1n) is 5.17. The zero-order valence-electron chi connectivity index (χ0n) is 8.64. The Morgan fingerprint density at radius 2 is 1.87 bits per heavy atom. The van der Waals surface area contributed by atoms with Crippen molar-refractivity contribution >= 4 is 5.97 Å². The fourth-order valence-corrected chi connectivity index (χ4v) is 1.81. The quantitative estimate of drug-likeness (QED) is 0.689. The summed E-state index contributed by atoms with van der Waals surface area (Å²) in [6.45, 7) is 1.42. The highest BCUT2D eigenvalue weighted by molar-refractivity contribution is 5.77. The zero-order valence-corrected chi connectivity index (χ0v) is 8.64. The number of hydrogen-bond acceptors (Lipinski definition) is 2. The van der Waals surface area contributed by atoms with E-state index in [0.29, 0.717) is 0 Å². The summed E-state index contributed by atoms with van der Waals surface area (Å²) in [5, 5.41) is 0. The third kappa shape index (κ3) is 2.86. The standard InChI is InChI=1S/C10H15F3O2/c1-2-15-9(14)10(12,13)7-3-5-8(11)6-4-7/h7-8H,2-6H2,1H3. The van der Waals surface area contributed by atoms with Crippen molar-refractivity contribution in [3.8, 4) is 0 Å². The van der Waals surface area contributed by atoms with Crippen LogP contribution in [-0.2, 0) is 9.53 Å². The summed E-state index contributed by atoms with van der Waals surface area (Å²) in [6.07, 6.45) is -0.682. The van der Waals surface area contributed by atoms with Crippen molar-refractivity contribution in [3.05, 3.63) is 0 Å². The van der Waals surface area contributed by atoms with Crippen molar-refractivity contribution in [1.82, 2.24) is 0 Å². The Hall–Kier alpha value is -0.740. The molecule has 0 radical (unpaired) electrons. The van der Waals surface area contributed by atoms with Crippen LogP contribution in [0.1, 0.15) is 32.6 Å². The molecule has 1 fully saturated rings. The van der Waals surface area contributed by atoms with Crippen molar-refractivity contribution in [3.63, 3.8) is 0 Å². The molecule has 0 aromatic rings. The van der Waals surface area contributed by atoms with Gasteiger partial charge in [-0.2, -0.15) is 8.78 Å². The second kappa shape index (κ2) is 4.86. The lowest BCUT2D eigenvalue weighted by Gasteiger charge is -2.29. The van der Waals surface area contributed by atoms with Crippen LogP contribution in [0, 0.1) is 5.92 Å². The Labute approximate surface area is 86.8 Å². The molecule has 5 heteroatoms. The molecule has 1 rings (SSSR count). The maximum Gasteiger partial charge on any atom is 0.377 e. The molecular weight excluding hydrogens is 209 g/mol. The van der Waals surface area contributed by atoms with Gasteiger partial charge in [0.2, 0.25) is 0 Å². The van der Waals surface area contributed by atoms with Crippen molar-refractivity contribution in [2.45, 2.75) is 44.7 Å². The molecule has 15 heavy (non-hydrogen) atoms. The fraction of sp³-hybridized carbons (Fsp3) is 0.900. The Morgan fingerprint density at radius 1 is 1.33 bits per heavy atom. The largest absolute Gasteiger partial charge is 0.462 e. The molecule has 88 valence electrons. The topological polar surface area (TPSA) is 26.3 Å². The first-order chi connectivity index (χ1) is 6.98. The van der Waals surface area contributed by atoms with Crippen molar-refractivity contribution in [2.24, 2.45) is 5.92 Å². The lowest BCUT2D eigenvalue weighted by Crippen LogP contribution is -2.40. The van der Waals surface area contributed by atoms with Gasteiger partial charge in [-0.3, -0.25) is 0 Å². The van der Waals surface area contributed by atoms with Gasteiger partial charge in [0.1, 0.15) is 6.17 Å². The van der Waals surface area contributed by atoms with Crippen molar-refractivity contribution in [1.29, 1.82) is 0 Å². The first kappa shape index (κ1) is 12.3. The van der Waals surface area contributed by atoms with Crippen LogP contribution in [-0.4, -0.2) is 24.7 Å². The summed E-state index contributed by atoms with van der Waals surface area (Å²) in [5.41, 5.74) is 0. The van der Waals surface area contributed by atoms with E-state index in [1.54, 1.807) is 0 Å². The fourth-order valence-electron chi connectivity index (χ4n) is 1.81. The summed E-state index contributed by atoms with van der Waals surface area (Å²) in [4.78, 5) is 11.0. The van der Waals surface area contributed by atoms with Gasteiger partial charge in [0.15, 0.2) is 0 Å². The van der Waals surface area contributed by atoms with E-state index in [1.807, 2.05) is 0 Å². The highest BCUT2D eigenvalue weighted by Crippen LogP contribution is 2.38. The number of ether oxygens (including phenoxy) is 1.